The second kappa shape index (κ2) is 7.63. The van der Waals surface area contributed by atoms with Crippen LogP contribution >= 0.6 is 11.8 Å². The van der Waals surface area contributed by atoms with Crippen LogP contribution in [-0.2, 0) is 14.6 Å². The van der Waals surface area contributed by atoms with E-state index in [0.29, 0.717) is 5.92 Å². The minimum Gasteiger partial charge on any atom is -0.282 e. The molecule has 9 heteroatoms. The summed E-state index contributed by atoms with van der Waals surface area (Å²) < 4.78 is 24.7. The van der Waals surface area contributed by atoms with E-state index in [9.17, 15) is 13.2 Å². The van der Waals surface area contributed by atoms with E-state index in [1.165, 1.54) is 5.56 Å². The van der Waals surface area contributed by atoms with Crippen LogP contribution < -0.4 is 0 Å². The molecular formula is C19H22N4O3S2. The number of hydrazone groups is 1. The third-order valence-electron chi connectivity index (χ3n) is 4.17. The van der Waals surface area contributed by atoms with Crippen LogP contribution in [0.5, 0.6) is 0 Å². The molecule has 2 aliphatic rings. The molecule has 0 unspecified atom stereocenters. The van der Waals surface area contributed by atoms with E-state index < -0.39 is 15.7 Å². The van der Waals surface area contributed by atoms with E-state index in [1.807, 2.05) is 24.3 Å². The minimum absolute atomic E-state index is 0.0495. The van der Waals surface area contributed by atoms with E-state index in [4.69, 9.17) is 5.41 Å². The van der Waals surface area contributed by atoms with Crippen molar-refractivity contribution in [2.24, 2.45) is 16.0 Å². The molecule has 28 heavy (non-hydrogen) atoms. The van der Waals surface area contributed by atoms with Crippen molar-refractivity contribution >= 4 is 49.0 Å². The van der Waals surface area contributed by atoms with Crippen LogP contribution in [0, 0.1) is 11.3 Å². The molecule has 1 aromatic rings. The highest BCUT2D eigenvalue weighted by Crippen LogP contribution is 2.31. The predicted octanol–water partition coefficient (Wildman–Crippen LogP) is 3.46. The number of thioether (sulfide) groups is 1. The summed E-state index contributed by atoms with van der Waals surface area (Å²) in [4.78, 5) is 16.4. The van der Waals surface area contributed by atoms with Gasteiger partial charge >= 0.3 is 0 Å². The first-order valence-electron chi connectivity index (χ1n) is 8.91. The second-order valence-electron chi connectivity index (χ2n) is 7.38. The Morgan fingerprint density at radius 3 is 2.39 bits per heavy atom. The normalized spacial score (nSPS) is 18.8. The zero-order valence-electron chi connectivity index (χ0n) is 16.1. The lowest BCUT2D eigenvalue weighted by Crippen LogP contribution is -2.35. The van der Waals surface area contributed by atoms with Gasteiger partial charge in [-0.05, 0) is 40.8 Å². The number of nitrogens with zero attached hydrogens (tertiary/aromatic N) is 3. The number of carbonyl (C=O) groups is 1. The van der Waals surface area contributed by atoms with Gasteiger partial charge in [0.15, 0.2) is 5.84 Å². The Bertz CT molecular complexity index is 1020. The molecule has 0 spiro atoms. The van der Waals surface area contributed by atoms with Crippen molar-refractivity contribution in [3.8, 4) is 0 Å². The van der Waals surface area contributed by atoms with Crippen LogP contribution in [0.1, 0.15) is 44.7 Å². The third kappa shape index (κ3) is 4.10. The number of fused-ring (bicyclic) bond motifs is 1. The van der Waals surface area contributed by atoms with E-state index >= 15 is 0 Å². The highest BCUT2D eigenvalue weighted by Gasteiger charge is 2.39. The number of nitrogens with one attached hydrogen (secondary N) is 1. The Morgan fingerprint density at radius 2 is 1.82 bits per heavy atom. The summed E-state index contributed by atoms with van der Waals surface area (Å²) in [5, 5.41) is 13.6. The lowest BCUT2D eigenvalue weighted by atomic mass is 10.0. The Balaban J connectivity index is 1.91. The Morgan fingerprint density at radius 1 is 1.18 bits per heavy atom. The Hall–Kier alpha value is -2.26. The number of hydrogen-bond acceptors (Lipinski definition) is 6. The number of carbonyl (C=O) groups excluding carboxylic acids is 1. The topological polar surface area (TPSA) is 103 Å². The molecule has 1 N–H and O–H groups in total. The van der Waals surface area contributed by atoms with Crippen molar-refractivity contribution in [1.82, 2.24) is 5.01 Å². The van der Waals surface area contributed by atoms with Gasteiger partial charge in [-0.2, -0.15) is 10.0 Å². The molecule has 0 aromatic heterocycles. The molecule has 0 saturated heterocycles. The molecule has 0 fully saturated rings. The number of rotatable bonds is 4. The largest absolute Gasteiger partial charge is 0.283 e. The van der Waals surface area contributed by atoms with Gasteiger partial charge in [0.1, 0.15) is 0 Å². The first-order chi connectivity index (χ1) is 13.1. The standard InChI is InChI=1S/C19H22N4O3S2/c1-11(2)10-28(25,26)19-22-23-16(20)15(17(24)21-18(23)27-19)9-13-5-7-14(8-6-13)12(3)4/h5-9,11-12,20H,10H2,1-4H3/b15-9-,20-16?. The first-order valence-corrected chi connectivity index (χ1v) is 11.4. The molecule has 1 amide bonds. The maximum absolute atomic E-state index is 12.4. The minimum atomic E-state index is -3.58. The van der Waals surface area contributed by atoms with E-state index in [1.54, 1.807) is 19.9 Å². The summed E-state index contributed by atoms with van der Waals surface area (Å²) in [6.07, 6.45) is 1.58. The van der Waals surface area contributed by atoms with Crippen molar-refractivity contribution in [2.75, 3.05) is 5.75 Å². The molecule has 148 valence electrons. The maximum Gasteiger partial charge on any atom is 0.283 e. The molecule has 2 aliphatic heterocycles. The average molecular weight is 419 g/mol. The van der Waals surface area contributed by atoms with Crippen LogP contribution in [-0.4, -0.2) is 40.5 Å². The SMILES string of the molecule is CC(C)CS(=O)(=O)C1=NN2C(=N)/C(=C/c3ccc(C(C)C)cc3)C(=O)N=C2S1. The summed E-state index contributed by atoms with van der Waals surface area (Å²) in [6, 6.07) is 7.71. The smallest absolute Gasteiger partial charge is 0.282 e. The van der Waals surface area contributed by atoms with Gasteiger partial charge in [-0.1, -0.05) is 52.0 Å². The molecule has 7 nitrogen and oxygen atoms in total. The summed E-state index contributed by atoms with van der Waals surface area (Å²) in [5.41, 5.74) is 2.01. The van der Waals surface area contributed by atoms with Gasteiger partial charge in [0.2, 0.25) is 19.4 Å². The quantitative estimate of drug-likeness (QED) is 0.754. The molecule has 0 aliphatic carbocycles. The van der Waals surface area contributed by atoms with Crippen molar-refractivity contribution in [3.63, 3.8) is 0 Å². The molecule has 0 radical (unpaired) electrons. The first kappa shape index (κ1) is 20.5. The Labute approximate surface area is 169 Å². The van der Waals surface area contributed by atoms with Gasteiger partial charge < -0.3 is 0 Å². The van der Waals surface area contributed by atoms with E-state index in [-0.39, 0.29) is 32.6 Å². The molecule has 2 heterocycles. The number of sulfone groups is 1. The number of hydrogen-bond donors (Lipinski definition) is 1. The fourth-order valence-corrected chi connectivity index (χ4v) is 5.54. The number of aliphatic imine (C=N–C) groups is 1. The third-order valence-corrected chi connectivity index (χ3v) is 7.60. The zero-order valence-corrected chi connectivity index (χ0v) is 17.8. The van der Waals surface area contributed by atoms with Gasteiger partial charge in [-0.15, -0.1) is 5.10 Å². The van der Waals surface area contributed by atoms with Crippen molar-refractivity contribution in [2.45, 2.75) is 33.6 Å². The summed E-state index contributed by atoms with van der Waals surface area (Å²) in [5.74, 6) is -0.463. The summed E-state index contributed by atoms with van der Waals surface area (Å²) in [6.45, 7) is 7.80. The van der Waals surface area contributed by atoms with E-state index in [2.05, 4.69) is 23.9 Å². The van der Waals surface area contributed by atoms with Crippen LogP contribution in [0.3, 0.4) is 0 Å². The van der Waals surface area contributed by atoms with Crippen LogP contribution in [0.25, 0.3) is 6.08 Å². The lowest BCUT2D eigenvalue weighted by Gasteiger charge is -2.20. The van der Waals surface area contributed by atoms with Crippen molar-refractivity contribution < 1.29 is 13.2 Å². The monoisotopic (exact) mass is 418 g/mol. The van der Waals surface area contributed by atoms with Gasteiger partial charge in [0, 0.05) is 0 Å². The van der Waals surface area contributed by atoms with Gasteiger partial charge in [0.05, 0.1) is 11.3 Å². The number of amidine groups is 2. The maximum atomic E-state index is 12.4. The fraction of sp³-hybridized carbons (Fsp3) is 0.368. The van der Waals surface area contributed by atoms with Gasteiger partial charge in [0.25, 0.3) is 5.91 Å². The van der Waals surface area contributed by atoms with Crippen molar-refractivity contribution in [3.05, 3.63) is 41.0 Å². The summed E-state index contributed by atoms with van der Waals surface area (Å²) in [7, 11) is -3.58. The molecule has 0 atom stereocenters. The lowest BCUT2D eigenvalue weighted by molar-refractivity contribution is -0.114. The molecule has 0 bridgehead atoms. The second-order valence-corrected chi connectivity index (χ2v) is 10.5. The van der Waals surface area contributed by atoms with Crippen molar-refractivity contribution in [1.29, 1.82) is 5.41 Å². The van der Waals surface area contributed by atoms with Crippen LogP contribution in [0.4, 0.5) is 0 Å². The predicted molar refractivity (Wildman–Crippen MR) is 114 cm³/mol. The highest BCUT2D eigenvalue weighted by atomic mass is 32.3. The number of amides is 1. The molecule has 1 aromatic carbocycles. The van der Waals surface area contributed by atoms with Gasteiger partial charge in [-0.25, -0.2) is 8.42 Å². The zero-order chi connectivity index (χ0) is 20.6. The molecular weight excluding hydrogens is 396 g/mol. The van der Waals surface area contributed by atoms with Crippen LogP contribution in [0.15, 0.2) is 39.9 Å². The highest BCUT2D eigenvalue weighted by molar-refractivity contribution is 8.42. The molecule has 0 saturated carbocycles. The Kier molecular flexibility index (Phi) is 5.58. The van der Waals surface area contributed by atoms with Gasteiger partial charge in [-0.3, -0.25) is 10.2 Å². The summed E-state index contributed by atoms with van der Waals surface area (Å²) >= 11 is 0.814. The van der Waals surface area contributed by atoms with Crippen LogP contribution in [0.2, 0.25) is 0 Å². The fourth-order valence-electron chi connectivity index (χ4n) is 2.75. The number of benzene rings is 1. The average Bonchev–Trinajstić information content (AvgIpc) is 3.03. The molecule has 3 rings (SSSR count). The van der Waals surface area contributed by atoms with E-state index in [0.717, 1.165) is 22.3 Å².